The third-order valence-corrected chi connectivity index (χ3v) is 2.29. The molecule has 0 unspecified atom stereocenters. The maximum atomic E-state index is 11.7. The van der Waals surface area contributed by atoms with Crippen LogP contribution in [0.5, 0.6) is 11.5 Å². The second kappa shape index (κ2) is 6.04. The molecular weight excluding hydrogens is 247 g/mol. The molecule has 0 spiro atoms. The molecule has 2 aromatic rings. The first-order valence-corrected chi connectivity index (χ1v) is 5.55. The average molecular weight is 258 g/mol. The molecule has 6 heteroatoms. The molecule has 0 saturated heterocycles. The maximum Gasteiger partial charge on any atom is 0.707 e. The number of carbonyl (C=O) groups excluding carboxylic acids is 1. The quantitative estimate of drug-likeness (QED) is 0.490. The van der Waals surface area contributed by atoms with E-state index in [9.17, 15) is 4.79 Å². The lowest BCUT2D eigenvalue weighted by atomic mass is 10.2. The van der Waals surface area contributed by atoms with Crippen LogP contribution in [0.2, 0.25) is 0 Å². The Morgan fingerprint density at radius 3 is 2.05 bits per heavy atom. The molecule has 0 saturated carbocycles. The number of esters is 1. The Morgan fingerprint density at radius 1 is 0.895 bits per heavy atom. The molecular formula is C13H11BO5. The molecule has 0 aliphatic heterocycles. The molecule has 19 heavy (non-hydrogen) atoms. The van der Waals surface area contributed by atoms with E-state index in [2.05, 4.69) is 4.65 Å². The van der Waals surface area contributed by atoms with Crippen molar-refractivity contribution >= 4 is 13.3 Å². The number of benzene rings is 2. The van der Waals surface area contributed by atoms with Crippen LogP contribution >= 0.6 is 0 Å². The SMILES string of the molecule is O=C(Oc1ccc(OB(O)O)cc1)c1ccccc1. The predicted octanol–water partition coefficient (Wildman–Crippen LogP) is 1.25. The third-order valence-electron chi connectivity index (χ3n) is 2.29. The molecule has 96 valence electrons. The highest BCUT2D eigenvalue weighted by Gasteiger charge is 2.11. The van der Waals surface area contributed by atoms with Crippen molar-refractivity contribution in [1.82, 2.24) is 0 Å². The van der Waals surface area contributed by atoms with E-state index in [-0.39, 0.29) is 5.75 Å². The summed E-state index contributed by atoms with van der Waals surface area (Å²) in [7, 11) is -1.88. The lowest BCUT2D eigenvalue weighted by molar-refractivity contribution is 0.0734. The van der Waals surface area contributed by atoms with Gasteiger partial charge in [0.05, 0.1) is 5.56 Å². The summed E-state index contributed by atoms with van der Waals surface area (Å²) in [6.45, 7) is 0. The topological polar surface area (TPSA) is 76.0 Å². The lowest BCUT2D eigenvalue weighted by Gasteiger charge is -2.07. The van der Waals surface area contributed by atoms with Crippen LogP contribution in [0.3, 0.4) is 0 Å². The molecule has 0 bridgehead atoms. The normalized spacial score (nSPS) is 9.79. The first-order valence-electron chi connectivity index (χ1n) is 5.55. The van der Waals surface area contributed by atoms with Crippen molar-refractivity contribution in [1.29, 1.82) is 0 Å². The number of hydrogen-bond donors (Lipinski definition) is 2. The van der Waals surface area contributed by atoms with Gasteiger partial charge >= 0.3 is 13.3 Å². The van der Waals surface area contributed by atoms with E-state index in [0.717, 1.165) is 0 Å². The number of hydrogen-bond acceptors (Lipinski definition) is 5. The van der Waals surface area contributed by atoms with Crippen molar-refractivity contribution in [3.05, 3.63) is 60.2 Å². The Hall–Kier alpha value is -2.31. The van der Waals surface area contributed by atoms with Crippen LogP contribution in [0.25, 0.3) is 0 Å². The third kappa shape index (κ3) is 3.84. The Labute approximate surface area is 110 Å². The average Bonchev–Trinajstić information content (AvgIpc) is 2.41. The zero-order chi connectivity index (χ0) is 13.7. The number of rotatable bonds is 4. The van der Waals surface area contributed by atoms with Crippen LogP contribution in [0.1, 0.15) is 10.4 Å². The van der Waals surface area contributed by atoms with E-state index in [1.807, 2.05) is 6.07 Å². The van der Waals surface area contributed by atoms with Gasteiger partial charge in [0.25, 0.3) is 0 Å². The fourth-order valence-corrected chi connectivity index (χ4v) is 1.45. The minimum Gasteiger partial charge on any atom is -0.512 e. The minimum absolute atomic E-state index is 0.259. The number of carbonyl (C=O) groups is 1. The van der Waals surface area contributed by atoms with Crippen molar-refractivity contribution in [3.8, 4) is 11.5 Å². The van der Waals surface area contributed by atoms with Crippen LogP contribution in [0.15, 0.2) is 54.6 Å². The van der Waals surface area contributed by atoms with E-state index in [1.165, 1.54) is 24.3 Å². The standard InChI is InChI=1S/C13H11BO5/c15-13(10-4-2-1-3-5-10)18-11-6-8-12(9-7-11)19-14(16)17/h1-9,16-17H. The van der Waals surface area contributed by atoms with Crippen molar-refractivity contribution < 1.29 is 24.2 Å². The molecule has 0 amide bonds. The summed E-state index contributed by atoms with van der Waals surface area (Å²) in [6, 6.07) is 14.5. The van der Waals surface area contributed by atoms with Crippen molar-refractivity contribution in [2.45, 2.75) is 0 Å². The van der Waals surface area contributed by atoms with Gasteiger partial charge in [0.2, 0.25) is 0 Å². The molecule has 2 rings (SSSR count). The highest BCUT2D eigenvalue weighted by atomic mass is 16.6. The summed E-state index contributed by atoms with van der Waals surface area (Å²) >= 11 is 0. The summed E-state index contributed by atoms with van der Waals surface area (Å²) < 4.78 is 9.77. The van der Waals surface area contributed by atoms with Gasteiger partial charge in [-0.05, 0) is 36.4 Å². The van der Waals surface area contributed by atoms with E-state index < -0.39 is 13.3 Å². The van der Waals surface area contributed by atoms with E-state index in [4.69, 9.17) is 14.8 Å². The molecule has 0 aromatic heterocycles. The van der Waals surface area contributed by atoms with Gasteiger partial charge in [-0.2, -0.15) is 0 Å². The van der Waals surface area contributed by atoms with Crippen LogP contribution in [0.4, 0.5) is 0 Å². The summed E-state index contributed by atoms with van der Waals surface area (Å²) in [5.74, 6) is 0.139. The van der Waals surface area contributed by atoms with Crippen LogP contribution in [-0.4, -0.2) is 23.3 Å². The zero-order valence-corrected chi connectivity index (χ0v) is 9.89. The Bertz CT molecular complexity index is 539. The summed E-state index contributed by atoms with van der Waals surface area (Å²) in [5, 5.41) is 17.2. The summed E-state index contributed by atoms with van der Waals surface area (Å²) in [4.78, 5) is 11.7. The first kappa shape index (κ1) is 13.1. The maximum absolute atomic E-state index is 11.7. The predicted molar refractivity (Wildman–Crippen MR) is 68.7 cm³/mol. The molecule has 2 N–H and O–H groups in total. The van der Waals surface area contributed by atoms with Gasteiger partial charge in [0, 0.05) is 0 Å². The fraction of sp³-hybridized carbons (Fsp3) is 0. The van der Waals surface area contributed by atoms with Gasteiger partial charge in [-0.15, -0.1) is 0 Å². The largest absolute Gasteiger partial charge is 0.707 e. The molecule has 0 heterocycles. The Morgan fingerprint density at radius 2 is 1.47 bits per heavy atom. The van der Waals surface area contributed by atoms with Crippen LogP contribution in [0, 0.1) is 0 Å². The van der Waals surface area contributed by atoms with Gasteiger partial charge < -0.3 is 19.4 Å². The lowest BCUT2D eigenvalue weighted by Crippen LogP contribution is -2.20. The fourth-order valence-electron chi connectivity index (χ4n) is 1.45. The van der Waals surface area contributed by atoms with E-state index in [1.54, 1.807) is 24.3 Å². The van der Waals surface area contributed by atoms with E-state index >= 15 is 0 Å². The monoisotopic (exact) mass is 258 g/mol. The van der Waals surface area contributed by atoms with Gasteiger partial charge in [0.15, 0.2) is 0 Å². The number of ether oxygens (including phenoxy) is 1. The Balaban J connectivity index is 2.02. The molecule has 0 atom stereocenters. The second-order valence-corrected chi connectivity index (χ2v) is 3.67. The van der Waals surface area contributed by atoms with Gasteiger partial charge in [-0.1, -0.05) is 18.2 Å². The highest BCUT2D eigenvalue weighted by molar-refractivity contribution is 6.33. The molecule has 0 aliphatic rings. The van der Waals surface area contributed by atoms with Crippen molar-refractivity contribution in [2.24, 2.45) is 0 Å². The molecule has 0 aliphatic carbocycles. The molecule has 0 radical (unpaired) electrons. The van der Waals surface area contributed by atoms with Gasteiger partial charge in [0.1, 0.15) is 11.5 Å². The molecule has 0 fully saturated rings. The van der Waals surface area contributed by atoms with Crippen LogP contribution in [-0.2, 0) is 0 Å². The summed E-state index contributed by atoms with van der Waals surface area (Å²) in [5.41, 5.74) is 0.452. The summed E-state index contributed by atoms with van der Waals surface area (Å²) in [6.07, 6.45) is 0. The first-order chi connectivity index (χ1) is 9.15. The minimum atomic E-state index is -1.88. The van der Waals surface area contributed by atoms with E-state index in [0.29, 0.717) is 11.3 Å². The highest BCUT2D eigenvalue weighted by Crippen LogP contribution is 2.18. The molecule has 2 aromatic carbocycles. The molecule has 5 nitrogen and oxygen atoms in total. The van der Waals surface area contributed by atoms with Gasteiger partial charge in [-0.3, -0.25) is 0 Å². The van der Waals surface area contributed by atoms with Gasteiger partial charge in [-0.25, -0.2) is 4.79 Å². The van der Waals surface area contributed by atoms with Crippen LogP contribution < -0.4 is 9.39 Å². The zero-order valence-electron chi connectivity index (χ0n) is 9.89. The van der Waals surface area contributed by atoms with Crippen molar-refractivity contribution in [3.63, 3.8) is 0 Å². The smallest absolute Gasteiger partial charge is 0.512 e. The van der Waals surface area contributed by atoms with Crippen molar-refractivity contribution in [2.75, 3.05) is 0 Å². The second-order valence-electron chi connectivity index (χ2n) is 3.67. The Kier molecular flexibility index (Phi) is 4.17.